The number of carbonyl (C=O) groups excluding carboxylic acids is 2. The number of carbonyl (C=O) groups is 2. The number of rotatable bonds is 3. The maximum atomic E-state index is 12.7. The maximum Gasteiger partial charge on any atom is 0.225 e. The van der Waals surface area contributed by atoms with Crippen LogP contribution in [0.2, 0.25) is 0 Å². The Morgan fingerprint density at radius 1 is 0.917 bits per heavy atom. The summed E-state index contributed by atoms with van der Waals surface area (Å²) in [6.07, 6.45) is 3.17. The summed E-state index contributed by atoms with van der Waals surface area (Å²) in [4.78, 5) is 28.6. The predicted octanol–water partition coefficient (Wildman–Crippen LogP) is 0.375. The number of nitrogens with zero attached hydrogens (tertiary/aromatic N) is 3. The molecular weight excluding hydrogens is 330 g/mol. The Hall–Kier alpha value is -1.15. The molecule has 0 radical (unpaired) electrons. The number of hydrogen-bond acceptors (Lipinski definition) is 4. The molecule has 0 bridgehead atoms. The van der Waals surface area contributed by atoms with Crippen molar-refractivity contribution in [2.24, 2.45) is 11.8 Å². The largest absolute Gasteiger partial charge is 0.341 e. The van der Waals surface area contributed by atoms with Crippen molar-refractivity contribution < 1.29 is 18.0 Å². The number of piperidine rings is 1. The minimum atomic E-state index is -3.17. The van der Waals surface area contributed by atoms with Crippen LogP contribution in [0, 0.1) is 11.8 Å². The first-order valence-corrected chi connectivity index (χ1v) is 10.6. The van der Waals surface area contributed by atoms with Crippen molar-refractivity contribution in [3.8, 4) is 0 Å². The Bertz CT molecular complexity index is 568. The zero-order valence-electron chi connectivity index (χ0n) is 14.9. The molecule has 2 aliphatic heterocycles. The van der Waals surface area contributed by atoms with Crippen LogP contribution in [-0.4, -0.2) is 79.9 Å². The number of amides is 2. The molecule has 24 heavy (non-hydrogen) atoms. The van der Waals surface area contributed by atoms with Crippen molar-refractivity contribution in [3.05, 3.63) is 0 Å². The molecule has 0 atom stereocenters. The van der Waals surface area contributed by atoms with Gasteiger partial charge >= 0.3 is 0 Å². The zero-order valence-corrected chi connectivity index (χ0v) is 15.7. The van der Waals surface area contributed by atoms with Crippen molar-refractivity contribution in [1.29, 1.82) is 0 Å². The number of hydrogen-bond donors (Lipinski definition) is 0. The fourth-order valence-electron chi connectivity index (χ4n) is 3.42. The van der Waals surface area contributed by atoms with E-state index in [0.717, 1.165) is 6.42 Å². The van der Waals surface area contributed by atoms with E-state index in [0.29, 0.717) is 52.1 Å². The Labute approximate surface area is 145 Å². The molecule has 0 N–H and O–H groups in total. The predicted molar refractivity (Wildman–Crippen MR) is 91.8 cm³/mol. The summed E-state index contributed by atoms with van der Waals surface area (Å²) < 4.78 is 24.6. The van der Waals surface area contributed by atoms with Gasteiger partial charge in [0.2, 0.25) is 21.8 Å². The van der Waals surface area contributed by atoms with Crippen molar-refractivity contribution >= 4 is 21.8 Å². The molecule has 0 spiro atoms. The standard InChI is InChI=1S/C16H29N3O4S/c1-13(2)15(20)17-7-4-8-18(12-11-17)16(21)14-5-9-19(10-6-14)24(3,22)23/h13-14H,4-12H2,1-3H3. The summed E-state index contributed by atoms with van der Waals surface area (Å²) in [5.41, 5.74) is 0. The molecule has 0 aromatic heterocycles. The van der Waals surface area contributed by atoms with E-state index in [-0.39, 0.29) is 23.7 Å². The number of sulfonamides is 1. The van der Waals surface area contributed by atoms with E-state index < -0.39 is 10.0 Å². The Kier molecular flexibility index (Phi) is 6.25. The fourth-order valence-corrected chi connectivity index (χ4v) is 4.29. The SMILES string of the molecule is CC(C)C(=O)N1CCCN(C(=O)C2CCN(S(C)(=O)=O)CC2)CC1. The highest BCUT2D eigenvalue weighted by Gasteiger charge is 2.32. The average molecular weight is 359 g/mol. The third-order valence-corrected chi connectivity index (χ3v) is 6.19. The van der Waals surface area contributed by atoms with E-state index in [1.165, 1.54) is 10.6 Å². The minimum Gasteiger partial charge on any atom is -0.341 e. The molecule has 2 heterocycles. The zero-order chi connectivity index (χ0) is 17.9. The van der Waals surface area contributed by atoms with Crippen molar-refractivity contribution in [2.75, 3.05) is 45.5 Å². The lowest BCUT2D eigenvalue weighted by Crippen LogP contribution is -2.45. The van der Waals surface area contributed by atoms with Gasteiger partial charge in [-0.3, -0.25) is 9.59 Å². The highest BCUT2D eigenvalue weighted by molar-refractivity contribution is 7.88. The minimum absolute atomic E-state index is 0.0208. The maximum absolute atomic E-state index is 12.7. The summed E-state index contributed by atoms with van der Waals surface area (Å²) in [5.74, 6) is 0.135. The molecule has 2 aliphatic rings. The summed E-state index contributed by atoms with van der Waals surface area (Å²) in [6, 6.07) is 0. The quantitative estimate of drug-likeness (QED) is 0.730. The van der Waals surface area contributed by atoms with Crippen LogP contribution >= 0.6 is 0 Å². The summed E-state index contributed by atoms with van der Waals surface area (Å²) >= 11 is 0. The molecule has 2 saturated heterocycles. The molecule has 0 aromatic rings. The van der Waals surface area contributed by atoms with Gasteiger partial charge in [-0.1, -0.05) is 13.8 Å². The molecule has 0 aromatic carbocycles. The molecule has 138 valence electrons. The van der Waals surface area contributed by atoms with Crippen LogP contribution in [-0.2, 0) is 19.6 Å². The van der Waals surface area contributed by atoms with Gasteiger partial charge in [0.1, 0.15) is 0 Å². The van der Waals surface area contributed by atoms with Crippen LogP contribution in [0.4, 0.5) is 0 Å². The van der Waals surface area contributed by atoms with Gasteiger partial charge in [-0.2, -0.15) is 0 Å². The lowest BCUT2D eigenvalue weighted by atomic mass is 9.96. The van der Waals surface area contributed by atoms with E-state index in [9.17, 15) is 18.0 Å². The van der Waals surface area contributed by atoms with Crippen molar-refractivity contribution in [3.63, 3.8) is 0 Å². The lowest BCUT2D eigenvalue weighted by Gasteiger charge is -2.32. The van der Waals surface area contributed by atoms with Crippen molar-refractivity contribution in [2.45, 2.75) is 33.1 Å². The second kappa shape index (κ2) is 7.82. The lowest BCUT2D eigenvalue weighted by molar-refractivity contribution is -0.138. The Morgan fingerprint density at radius 3 is 2.00 bits per heavy atom. The van der Waals surface area contributed by atoms with Crippen LogP contribution in [0.3, 0.4) is 0 Å². The van der Waals surface area contributed by atoms with Crippen LogP contribution in [0.1, 0.15) is 33.1 Å². The molecule has 0 unspecified atom stereocenters. The molecule has 2 fully saturated rings. The van der Waals surface area contributed by atoms with Gasteiger partial charge in [0, 0.05) is 51.1 Å². The third kappa shape index (κ3) is 4.69. The Morgan fingerprint density at radius 2 is 1.46 bits per heavy atom. The van der Waals surface area contributed by atoms with Gasteiger partial charge in [0.25, 0.3) is 0 Å². The van der Waals surface area contributed by atoms with E-state index >= 15 is 0 Å². The molecule has 2 rings (SSSR count). The van der Waals surface area contributed by atoms with Gasteiger partial charge in [-0.25, -0.2) is 12.7 Å². The second-order valence-corrected chi connectivity index (χ2v) is 9.08. The second-order valence-electron chi connectivity index (χ2n) is 7.10. The Balaban J connectivity index is 1.89. The van der Waals surface area contributed by atoms with E-state index in [2.05, 4.69) is 0 Å². The van der Waals surface area contributed by atoms with Gasteiger partial charge in [0.15, 0.2) is 0 Å². The van der Waals surface area contributed by atoms with Gasteiger partial charge in [-0.15, -0.1) is 0 Å². The first-order valence-electron chi connectivity index (χ1n) is 8.73. The third-order valence-electron chi connectivity index (χ3n) is 4.89. The topological polar surface area (TPSA) is 78.0 Å². The van der Waals surface area contributed by atoms with Crippen LogP contribution in [0.25, 0.3) is 0 Å². The summed E-state index contributed by atoms with van der Waals surface area (Å²) in [7, 11) is -3.17. The first-order chi connectivity index (χ1) is 11.2. The highest BCUT2D eigenvalue weighted by atomic mass is 32.2. The van der Waals surface area contributed by atoms with Crippen LogP contribution in [0.5, 0.6) is 0 Å². The monoisotopic (exact) mass is 359 g/mol. The van der Waals surface area contributed by atoms with Crippen molar-refractivity contribution in [1.82, 2.24) is 14.1 Å². The van der Waals surface area contributed by atoms with Gasteiger partial charge in [0.05, 0.1) is 6.26 Å². The molecular formula is C16H29N3O4S. The van der Waals surface area contributed by atoms with E-state index in [4.69, 9.17) is 0 Å². The van der Waals surface area contributed by atoms with Gasteiger partial charge < -0.3 is 9.80 Å². The summed E-state index contributed by atoms with van der Waals surface area (Å²) in [5, 5.41) is 0. The molecule has 7 nitrogen and oxygen atoms in total. The van der Waals surface area contributed by atoms with E-state index in [1.54, 1.807) is 0 Å². The van der Waals surface area contributed by atoms with Gasteiger partial charge in [-0.05, 0) is 19.3 Å². The molecule has 2 amide bonds. The molecule has 0 aliphatic carbocycles. The average Bonchev–Trinajstić information content (AvgIpc) is 2.78. The van der Waals surface area contributed by atoms with Crippen LogP contribution < -0.4 is 0 Å². The van der Waals surface area contributed by atoms with E-state index in [1.807, 2.05) is 23.6 Å². The fraction of sp³-hybridized carbons (Fsp3) is 0.875. The normalized spacial score (nSPS) is 21.8. The molecule has 8 heteroatoms. The summed E-state index contributed by atoms with van der Waals surface area (Å²) in [6.45, 7) is 7.16. The highest BCUT2D eigenvalue weighted by Crippen LogP contribution is 2.22. The molecule has 0 saturated carbocycles. The smallest absolute Gasteiger partial charge is 0.225 e. The first kappa shape index (κ1) is 19.2. The van der Waals surface area contributed by atoms with Crippen LogP contribution in [0.15, 0.2) is 0 Å².